The molecule has 0 heterocycles. The van der Waals surface area contributed by atoms with Gasteiger partial charge in [0.25, 0.3) is 0 Å². The number of amides is 1. The van der Waals surface area contributed by atoms with Crippen molar-refractivity contribution in [2.75, 3.05) is 31.6 Å². The first-order valence-corrected chi connectivity index (χ1v) is 7.30. The molecule has 5 heteroatoms. The van der Waals surface area contributed by atoms with Crippen LogP contribution >= 0.6 is 11.6 Å². The number of carbonyl (C=O) groups is 1. The molecule has 0 unspecified atom stereocenters. The highest BCUT2D eigenvalue weighted by Crippen LogP contribution is 2.19. The zero-order chi connectivity index (χ0) is 14.8. The highest BCUT2D eigenvalue weighted by molar-refractivity contribution is 6.33. The lowest BCUT2D eigenvalue weighted by atomic mass is 10.2. The van der Waals surface area contributed by atoms with Crippen molar-refractivity contribution in [3.05, 3.63) is 29.3 Å². The quantitative estimate of drug-likeness (QED) is 0.689. The van der Waals surface area contributed by atoms with Gasteiger partial charge in [0, 0.05) is 13.2 Å². The molecule has 0 aliphatic carbocycles. The Labute approximate surface area is 125 Å². The van der Waals surface area contributed by atoms with E-state index in [1.807, 2.05) is 12.1 Å². The van der Waals surface area contributed by atoms with E-state index < -0.39 is 0 Å². The van der Waals surface area contributed by atoms with Crippen molar-refractivity contribution in [1.82, 2.24) is 5.32 Å². The second-order valence-corrected chi connectivity index (χ2v) is 5.43. The number of hydrogen-bond donors (Lipinski definition) is 2. The zero-order valence-electron chi connectivity index (χ0n) is 12.1. The van der Waals surface area contributed by atoms with Crippen molar-refractivity contribution in [2.24, 2.45) is 5.92 Å². The Morgan fingerprint density at radius 1 is 1.35 bits per heavy atom. The molecular weight excluding hydrogens is 276 g/mol. The van der Waals surface area contributed by atoms with E-state index in [1.54, 1.807) is 12.1 Å². The van der Waals surface area contributed by atoms with Gasteiger partial charge in [-0.15, -0.1) is 0 Å². The molecule has 0 aliphatic rings. The van der Waals surface area contributed by atoms with E-state index in [-0.39, 0.29) is 12.5 Å². The van der Waals surface area contributed by atoms with E-state index in [9.17, 15) is 4.79 Å². The maximum Gasteiger partial charge on any atom is 0.238 e. The van der Waals surface area contributed by atoms with Gasteiger partial charge in [-0.3, -0.25) is 4.79 Å². The Bertz CT molecular complexity index is 411. The summed E-state index contributed by atoms with van der Waals surface area (Å²) in [5.74, 6) is 0.463. The predicted molar refractivity (Wildman–Crippen MR) is 83.2 cm³/mol. The van der Waals surface area contributed by atoms with E-state index in [1.165, 1.54) is 0 Å². The third-order valence-corrected chi connectivity index (χ3v) is 2.86. The van der Waals surface area contributed by atoms with Gasteiger partial charge in [0.1, 0.15) is 0 Å². The summed E-state index contributed by atoms with van der Waals surface area (Å²) in [6, 6.07) is 7.19. The number of carbonyl (C=O) groups excluding carboxylic acids is 1. The molecule has 0 atom stereocenters. The van der Waals surface area contributed by atoms with Gasteiger partial charge in [0.2, 0.25) is 5.91 Å². The second-order valence-electron chi connectivity index (χ2n) is 5.03. The van der Waals surface area contributed by atoms with Crippen LogP contribution in [0.15, 0.2) is 24.3 Å². The van der Waals surface area contributed by atoms with Crippen molar-refractivity contribution in [1.29, 1.82) is 0 Å². The molecular formula is C15H23ClN2O2. The third kappa shape index (κ3) is 7.48. The first-order valence-electron chi connectivity index (χ1n) is 6.92. The fraction of sp³-hybridized carbons (Fsp3) is 0.533. The van der Waals surface area contributed by atoms with Gasteiger partial charge in [-0.25, -0.2) is 0 Å². The summed E-state index contributed by atoms with van der Waals surface area (Å²) in [5, 5.41) is 6.38. The molecule has 2 N–H and O–H groups in total. The molecule has 1 rings (SSSR count). The average molecular weight is 299 g/mol. The fourth-order valence-corrected chi connectivity index (χ4v) is 1.76. The Kier molecular flexibility index (Phi) is 8.26. The fourth-order valence-electron chi connectivity index (χ4n) is 1.58. The first-order chi connectivity index (χ1) is 9.59. The summed E-state index contributed by atoms with van der Waals surface area (Å²) < 4.78 is 5.46. The van der Waals surface area contributed by atoms with Crippen LogP contribution in [0.25, 0.3) is 0 Å². The predicted octanol–water partition coefficient (Wildman–Crippen LogP) is 2.93. The first kappa shape index (κ1) is 17.0. The van der Waals surface area contributed by atoms with Crippen LogP contribution in [0.5, 0.6) is 0 Å². The number of para-hydroxylation sites is 1. The number of ether oxygens (including phenoxy) is 1. The van der Waals surface area contributed by atoms with Crippen LogP contribution in [0.4, 0.5) is 5.69 Å². The Balaban J connectivity index is 2.08. The second kappa shape index (κ2) is 9.75. The van der Waals surface area contributed by atoms with Crippen LogP contribution in [0.2, 0.25) is 5.02 Å². The van der Waals surface area contributed by atoms with E-state index >= 15 is 0 Å². The standard InChI is InChI=1S/C15H23ClN2O2/c1-12(2)11-20-9-5-8-17-10-15(19)18-14-7-4-3-6-13(14)16/h3-4,6-7,12,17H,5,8-11H2,1-2H3,(H,18,19). The highest BCUT2D eigenvalue weighted by atomic mass is 35.5. The summed E-state index contributed by atoms with van der Waals surface area (Å²) in [5.41, 5.74) is 0.640. The van der Waals surface area contributed by atoms with Gasteiger partial charge in [0.15, 0.2) is 0 Å². The minimum atomic E-state index is -0.0961. The molecule has 1 amide bonds. The van der Waals surface area contributed by atoms with Crippen molar-refractivity contribution >= 4 is 23.2 Å². The Hall–Kier alpha value is -1.10. The lowest BCUT2D eigenvalue weighted by Crippen LogP contribution is -2.29. The van der Waals surface area contributed by atoms with E-state index in [0.717, 1.165) is 26.2 Å². The molecule has 0 spiro atoms. The molecule has 0 bridgehead atoms. The number of nitrogens with one attached hydrogen (secondary N) is 2. The maximum absolute atomic E-state index is 11.7. The lowest BCUT2D eigenvalue weighted by molar-refractivity contribution is -0.115. The Morgan fingerprint density at radius 3 is 2.80 bits per heavy atom. The average Bonchev–Trinajstić information content (AvgIpc) is 2.40. The number of hydrogen-bond acceptors (Lipinski definition) is 3. The summed E-state index contributed by atoms with van der Waals surface area (Å²) in [6.45, 7) is 6.78. The van der Waals surface area contributed by atoms with Crippen LogP contribution in [-0.4, -0.2) is 32.2 Å². The molecule has 112 valence electrons. The van der Waals surface area contributed by atoms with Crippen molar-refractivity contribution in [3.63, 3.8) is 0 Å². The van der Waals surface area contributed by atoms with Crippen molar-refractivity contribution < 1.29 is 9.53 Å². The van der Waals surface area contributed by atoms with E-state index in [4.69, 9.17) is 16.3 Å². The van der Waals surface area contributed by atoms with E-state index in [0.29, 0.717) is 16.6 Å². The molecule has 0 aromatic heterocycles. The Morgan fingerprint density at radius 2 is 2.10 bits per heavy atom. The van der Waals surface area contributed by atoms with Gasteiger partial charge in [-0.1, -0.05) is 37.6 Å². The summed E-state index contributed by atoms with van der Waals surface area (Å²) in [7, 11) is 0. The topological polar surface area (TPSA) is 50.4 Å². The lowest BCUT2D eigenvalue weighted by Gasteiger charge is -2.09. The van der Waals surface area contributed by atoms with Gasteiger partial charge in [-0.05, 0) is 31.0 Å². The van der Waals surface area contributed by atoms with E-state index in [2.05, 4.69) is 24.5 Å². The van der Waals surface area contributed by atoms with Gasteiger partial charge < -0.3 is 15.4 Å². The maximum atomic E-state index is 11.7. The normalized spacial score (nSPS) is 10.8. The molecule has 1 aromatic rings. The molecule has 4 nitrogen and oxygen atoms in total. The summed E-state index contributed by atoms with van der Waals surface area (Å²) >= 11 is 5.96. The van der Waals surface area contributed by atoms with Crippen LogP contribution in [0, 0.1) is 5.92 Å². The molecule has 0 fully saturated rings. The minimum absolute atomic E-state index is 0.0961. The number of halogens is 1. The molecule has 0 aliphatic heterocycles. The number of anilines is 1. The monoisotopic (exact) mass is 298 g/mol. The molecule has 0 saturated carbocycles. The van der Waals surface area contributed by atoms with Crippen molar-refractivity contribution in [2.45, 2.75) is 20.3 Å². The number of benzene rings is 1. The van der Waals surface area contributed by atoms with Gasteiger partial charge in [-0.2, -0.15) is 0 Å². The zero-order valence-corrected chi connectivity index (χ0v) is 12.9. The largest absolute Gasteiger partial charge is 0.381 e. The molecule has 0 saturated heterocycles. The van der Waals surface area contributed by atoms with Crippen LogP contribution in [0.3, 0.4) is 0 Å². The SMILES string of the molecule is CC(C)COCCCNCC(=O)Nc1ccccc1Cl. The summed E-state index contributed by atoms with van der Waals surface area (Å²) in [6.07, 6.45) is 0.895. The van der Waals surface area contributed by atoms with Gasteiger partial charge in [0.05, 0.1) is 17.3 Å². The smallest absolute Gasteiger partial charge is 0.238 e. The minimum Gasteiger partial charge on any atom is -0.381 e. The number of rotatable bonds is 9. The molecule has 1 aromatic carbocycles. The third-order valence-electron chi connectivity index (χ3n) is 2.53. The highest BCUT2D eigenvalue weighted by Gasteiger charge is 2.04. The molecule has 20 heavy (non-hydrogen) atoms. The van der Waals surface area contributed by atoms with Crippen molar-refractivity contribution in [3.8, 4) is 0 Å². The summed E-state index contributed by atoms with van der Waals surface area (Å²) in [4.78, 5) is 11.7. The van der Waals surface area contributed by atoms with Gasteiger partial charge >= 0.3 is 0 Å². The van der Waals surface area contributed by atoms with Crippen LogP contribution in [0.1, 0.15) is 20.3 Å². The van der Waals surface area contributed by atoms with Crippen LogP contribution < -0.4 is 10.6 Å². The molecule has 0 radical (unpaired) electrons. The van der Waals surface area contributed by atoms with Crippen LogP contribution in [-0.2, 0) is 9.53 Å².